The van der Waals surface area contributed by atoms with Gasteiger partial charge in [0.1, 0.15) is 12.4 Å². The molecule has 0 atom stereocenters. The van der Waals surface area contributed by atoms with Crippen LogP contribution in [0.25, 0.3) is 0 Å². The highest BCUT2D eigenvalue weighted by molar-refractivity contribution is 5.77. The van der Waals surface area contributed by atoms with Crippen LogP contribution in [0.15, 0.2) is 30.3 Å². The number of nitriles is 1. The fourth-order valence-corrected chi connectivity index (χ4v) is 1.47. The minimum absolute atomic E-state index is 0.0718. The first-order chi connectivity index (χ1) is 9.22. The summed E-state index contributed by atoms with van der Waals surface area (Å²) >= 11 is 0. The number of ether oxygens (including phenoxy) is 1. The number of nitrogens with zero attached hydrogens (tertiary/aromatic N) is 2. The Bertz CT molecular complexity index is 414. The first-order valence-corrected chi connectivity index (χ1v) is 6.22. The maximum Gasteiger partial charge on any atom is 0.234 e. The van der Waals surface area contributed by atoms with Crippen molar-refractivity contribution in [3.63, 3.8) is 0 Å². The Morgan fingerprint density at radius 1 is 1.42 bits per heavy atom. The maximum atomic E-state index is 11.5. The van der Waals surface area contributed by atoms with Gasteiger partial charge in [-0.3, -0.25) is 9.69 Å². The lowest BCUT2D eigenvalue weighted by atomic mass is 10.3. The van der Waals surface area contributed by atoms with Gasteiger partial charge in [-0.1, -0.05) is 18.2 Å². The van der Waals surface area contributed by atoms with Crippen molar-refractivity contribution in [2.75, 3.05) is 33.3 Å². The van der Waals surface area contributed by atoms with Gasteiger partial charge < -0.3 is 10.1 Å². The quantitative estimate of drug-likeness (QED) is 0.710. The molecule has 0 heterocycles. The monoisotopic (exact) mass is 261 g/mol. The van der Waals surface area contributed by atoms with Crippen LogP contribution in [-0.4, -0.2) is 44.1 Å². The standard InChI is InChI=1S/C14H19N3O2/c1-17(12-14(18)16-9-5-8-15)10-11-19-13-6-3-2-4-7-13/h2-4,6-7H,5,9-12H2,1H3,(H,16,18). The molecule has 0 aliphatic carbocycles. The van der Waals surface area contributed by atoms with Gasteiger partial charge in [0.05, 0.1) is 19.0 Å². The van der Waals surface area contributed by atoms with E-state index >= 15 is 0 Å². The predicted molar refractivity (Wildman–Crippen MR) is 72.7 cm³/mol. The SMILES string of the molecule is CN(CCOc1ccccc1)CC(=O)NCCC#N. The van der Waals surface area contributed by atoms with Crippen LogP contribution in [-0.2, 0) is 4.79 Å². The Hall–Kier alpha value is -2.06. The second kappa shape index (κ2) is 8.95. The molecular weight excluding hydrogens is 242 g/mol. The molecular formula is C14H19N3O2. The largest absolute Gasteiger partial charge is 0.492 e. The number of hydrogen-bond acceptors (Lipinski definition) is 4. The van der Waals surface area contributed by atoms with Gasteiger partial charge >= 0.3 is 0 Å². The minimum atomic E-state index is -0.0718. The third-order valence-electron chi connectivity index (χ3n) is 2.46. The van der Waals surface area contributed by atoms with Crippen LogP contribution in [0.5, 0.6) is 5.75 Å². The summed E-state index contributed by atoms with van der Waals surface area (Å²) in [5.41, 5.74) is 0. The first kappa shape index (κ1) is 15.0. The van der Waals surface area contributed by atoms with Crippen LogP contribution in [0.2, 0.25) is 0 Å². The van der Waals surface area contributed by atoms with Crippen LogP contribution in [0, 0.1) is 11.3 Å². The molecule has 0 unspecified atom stereocenters. The van der Waals surface area contributed by atoms with E-state index in [1.807, 2.05) is 48.3 Å². The Morgan fingerprint density at radius 3 is 2.84 bits per heavy atom. The van der Waals surface area contributed by atoms with E-state index in [1.165, 1.54) is 0 Å². The molecule has 102 valence electrons. The third kappa shape index (κ3) is 7.06. The van der Waals surface area contributed by atoms with Crippen molar-refractivity contribution in [2.45, 2.75) is 6.42 Å². The summed E-state index contributed by atoms with van der Waals surface area (Å²) in [6, 6.07) is 11.5. The molecule has 0 fully saturated rings. The van der Waals surface area contributed by atoms with Gasteiger partial charge in [-0.25, -0.2) is 0 Å². The number of rotatable bonds is 8. The summed E-state index contributed by atoms with van der Waals surface area (Å²) < 4.78 is 5.54. The second-order valence-corrected chi connectivity index (χ2v) is 4.16. The molecule has 1 amide bonds. The molecule has 19 heavy (non-hydrogen) atoms. The summed E-state index contributed by atoms with van der Waals surface area (Å²) in [5.74, 6) is 0.756. The van der Waals surface area contributed by atoms with Crippen LogP contribution in [0.3, 0.4) is 0 Å². The first-order valence-electron chi connectivity index (χ1n) is 6.22. The van der Waals surface area contributed by atoms with E-state index in [0.29, 0.717) is 32.7 Å². The van der Waals surface area contributed by atoms with Crippen molar-refractivity contribution < 1.29 is 9.53 Å². The Morgan fingerprint density at radius 2 is 2.16 bits per heavy atom. The lowest BCUT2D eigenvalue weighted by Gasteiger charge is -2.16. The number of carbonyl (C=O) groups excluding carboxylic acids is 1. The number of amides is 1. The van der Waals surface area contributed by atoms with Crippen LogP contribution >= 0.6 is 0 Å². The topological polar surface area (TPSA) is 65.4 Å². The molecule has 0 radical (unpaired) electrons. The molecule has 5 heteroatoms. The van der Waals surface area contributed by atoms with Crippen LogP contribution in [0.4, 0.5) is 0 Å². The highest BCUT2D eigenvalue weighted by Crippen LogP contribution is 2.07. The number of para-hydroxylation sites is 1. The zero-order chi connectivity index (χ0) is 13.9. The van der Waals surface area contributed by atoms with Crippen molar-refractivity contribution in [2.24, 2.45) is 0 Å². The zero-order valence-corrected chi connectivity index (χ0v) is 11.1. The van der Waals surface area contributed by atoms with Crippen LogP contribution in [0.1, 0.15) is 6.42 Å². The average Bonchev–Trinajstić information content (AvgIpc) is 2.40. The molecule has 0 saturated carbocycles. The molecule has 0 saturated heterocycles. The zero-order valence-electron chi connectivity index (χ0n) is 11.1. The number of hydrogen-bond donors (Lipinski definition) is 1. The van der Waals surface area contributed by atoms with Gasteiger partial charge in [0.25, 0.3) is 0 Å². The maximum absolute atomic E-state index is 11.5. The summed E-state index contributed by atoms with van der Waals surface area (Å²) in [7, 11) is 1.86. The van der Waals surface area contributed by atoms with Crippen molar-refractivity contribution in [3.8, 4) is 11.8 Å². The molecule has 0 aliphatic rings. The Labute approximate surface area is 113 Å². The Balaban J connectivity index is 2.12. The van der Waals surface area contributed by atoms with E-state index in [2.05, 4.69) is 5.32 Å². The second-order valence-electron chi connectivity index (χ2n) is 4.16. The summed E-state index contributed by atoms with van der Waals surface area (Å²) in [4.78, 5) is 13.3. The highest BCUT2D eigenvalue weighted by atomic mass is 16.5. The van der Waals surface area contributed by atoms with Gasteiger partial charge in [0.15, 0.2) is 0 Å². The normalized spacial score (nSPS) is 9.95. The minimum Gasteiger partial charge on any atom is -0.492 e. The highest BCUT2D eigenvalue weighted by Gasteiger charge is 2.05. The third-order valence-corrected chi connectivity index (χ3v) is 2.46. The molecule has 1 aromatic carbocycles. The van der Waals surface area contributed by atoms with E-state index in [1.54, 1.807) is 0 Å². The average molecular weight is 261 g/mol. The number of benzene rings is 1. The van der Waals surface area contributed by atoms with Crippen molar-refractivity contribution in [1.29, 1.82) is 5.26 Å². The molecule has 0 spiro atoms. The van der Waals surface area contributed by atoms with Gasteiger partial charge in [0, 0.05) is 13.1 Å². The fraction of sp³-hybridized carbons (Fsp3) is 0.429. The summed E-state index contributed by atoms with van der Waals surface area (Å²) in [5, 5.41) is 11.0. The van der Waals surface area contributed by atoms with Crippen molar-refractivity contribution in [1.82, 2.24) is 10.2 Å². The molecule has 0 aromatic heterocycles. The molecule has 1 aromatic rings. The molecule has 1 N–H and O–H groups in total. The van der Waals surface area contributed by atoms with Gasteiger partial charge in [0.2, 0.25) is 5.91 Å². The van der Waals surface area contributed by atoms with Gasteiger partial charge in [-0.15, -0.1) is 0 Å². The van der Waals surface area contributed by atoms with Gasteiger partial charge in [-0.05, 0) is 19.2 Å². The summed E-state index contributed by atoms with van der Waals surface area (Å²) in [6.07, 6.45) is 0.340. The van der Waals surface area contributed by atoms with E-state index in [9.17, 15) is 4.79 Å². The van der Waals surface area contributed by atoms with E-state index in [-0.39, 0.29) is 5.91 Å². The lowest BCUT2D eigenvalue weighted by molar-refractivity contribution is -0.121. The van der Waals surface area contributed by atoms with E-state index < -0.39 is 0 Å². The van der Waals surface area contributed by atoms with Crippen molar-refractivity contribution >= 4 is 5.91 Å². The van der Waals surface area contributed by atoms with Gasteiger partial charge in [-0.2, -0.15) is 5.26 Å². The molecule has 0 aliphatic heterocycles. The fourth-order valence-electron chi connectivity index (χ4n) is 1.47. The van der Waals surface area contributed by atoms with E-state index in [4.69, 9.17) is 10.00 Å². The smallest absolute Gasteiger partial charge is 0.234 e. The van der Waals surface area contributed by atoms with Crippen molar-refractivity contribution in [3.05, 3.63) is 30.3 Å². The Kier molecular flexibility index (Phi) is 7.06. The molecule has 0 bridgehead atoms. The lowest BCUT2D eigenvalue weighted by Crippen LogP contribution is -2.37. The van der Waals surface area contributed by atoms with E-state index in [0.717, 1.165) is 5.75 Å². The number of carbonyl (C=O) groups is 1. The molecule has 5 nitrogen and oxygen atoms in total. The number of nitrogens with one attached hydrogen (secondary N) is 1. The predicted octanol–water partition coefficient (Wildman–Crippen LogP) is 1.03. The number of likely N-dealkylation sites (N-methyl/N-ethyl adjacent to an activating group) is 1. The van der Waals surface area contributed by atoms with Crippen LogP contribution < -0.4 is 10.1 Å². The summed E-state index contributed by atoms with van der Waals surface area (Å²) in [6.45, 7) is 1.92. The molecule has 1 rings (SSSR count).